The van der Waals surface area contributed by atoms with Gasteiger partial charge in [-0.2, -0.15) is 0 Å². The number of hydrogen-bond donors (Lipinski definition) is 1. The number of nitrogens with one attached hydrogen (secondary N) is 1. The molecule has 0 saturated heterocycles. The number of non-ortho nitro benzene ring substituents is 1. The highest BCUT2D eigenvalue weighted by molar-refractivity contribution is 9.10. The van der Waals surface area contributed by atoms with Gasteiger partial charge < -0.3 is 9.88 Å². The molecule has 1 heterocycles. The molecule has 1 aromatic heterocycles. The summed E-state index contributed by atoms with van der Waals surface area (Å²) in [6, 6.07) is 7.81. The van der Waals surface area contributed by atoms with Crippen LogP contribution in [-0.2, 0) is 13.6 Å². The quantitative estimate of drug-likeness (QED) is 0.688. The van der Waals surface area contributed by atoms with Gasteiger partial charge in [0.25, 0.3) is 11.6 Å². The Labute approximate surface area is 123 Å². The summed E-state index contributed by atoms with van der Waals surface area (Å²) < 4.78 is 2.55. The zero-order valence-corrected chi connectivity index (χ0v) is 12.3. The molecule has 2 aromatic rings. The minimum absolute atomic E-state index is 0.0337. The first kappa shape index (κ1) is 14.3. The van der Waals surface area contributed by atoms with Crippen LogP contribution >= 0.6 is 15.9 Å². The number of carbonyl (C=O) groups excluding carboxylic acids is 1. The smallest absolute Gasteiger partial charge is 0.269 e. The van der Waals surface area contributed by atoms with Gasteiger partial charge in [0.15, 0.2) is 0 Å². The van der Waals surface area contributed by atoms with Crippen LogP contribution in [0.3, 0.4) is 0 Å². The van der Waals surface area contributed by atoms with Crippen molar-refractivity contribution in [2.24, 2.45) is 7.05 Å². The van der Waals surface area contributed by atoms with Crippen LogP contribution in [0.4, 0.5) is 5.69 Å². The highest BCUT2D eigenvalue weighted by Gasteiger charge is 2.11. The van der Waals surface area contributed by atoms with E-state index in [1.807, 2.05) is 0 Å². The third-order valence-electron chi connectivity index (χ3n) is 2.80. The summed E-state index contributed by atoms with van der Waals surface area (Å²) in [4.78, 5) is 22.0. The molecular formula is C13H12BrN3O3. The predicted molar refractivity (Wildman–Crippen MR) is 77.4 cm³/mol. The van der Waals surface area contributed by atoms with Gasteiger partial charge >= 0.3 is 0 Å². The second-order valence-corrected chi connectivity index (χ2v) is 5.18. The topological polar surface area (TPSA) is 77.2 Å². The first-order chi connectivity index (χ1) is 9.47. The van der Waals surface area contributed by atoms with E-state index in [1.165, 1.54) is 12.1 Å². The highest BCUT2D eigenvalue weighted by Crippen LogP contribution is 2.14. The first-order valence-corrected chi connectivity index (χ1v) is 6.60. The van der Waals surface area contributed by atoms with Crippen molar-refractivity contribution >= 4 is 27.5 Å². The molecule has 1 aromatic carbocycles. The van der Waals surface area contributed by atoms with Gasteiger partial charge in [0.2, 0.25) is 0 Å². The molecule has 7 heteroatoms. The number of nitro benzene ring substituents is 1. The second kappa shape index (κ2) is 5.87. The fraction of sp³-hybridized carbons (Fsp3) is 0.154. The molecule has 0 aliphatic rings. The fourth-order valence-electron chi connectivity index (χ4n) is 1.76. The van der Waals surface area contributed by atoms with Gasteiger partial charge in [-0.3, -0.25) is 14.9 Å². The maximum Gasteiger partial charge on any atom is 0.269 e. The lowest BCUT2D eigenvalue weighted by Gasteiger charge is -2.06. The Morgan fingerprint density at radius 1 is 1.40 bits per heavy atom. The van der Waals surface area contributed by atoms with E-state index in [-0.39, 0.29) is 11.6 Å². The van der Waals surface area contributed by atoms with Gasteiger partial charge in [0.1, 0.15) is 5.69 Å². The predicted octanol–water partition coefficient (Wildman–Crippen LogP) is 2.63. The number of benzene rings is 1. The molecule has 1 N–H and O–H groups in total. The molecule has 20 heavy (non-hydrogen) atoms. The van der Waals surface area contributed by atoms with E-state index in [0.29, 0.717) is 12.2 Å². The SMILES string of the molecule is Cn1cc(Br)cc1C(=O)NCc1ccc([N+](=O)[O-])cc1. The molecule has 104 valence electrons. The molecule has 0 atom stereocenters. The molecule has 0 fully saturated rings. The lowest BCUT2D eigenvalue weighted by atomic mass is 10.2. The molecule has 0 spiro atoms. The van der Waals surface area contributed by atoms with Crippen molar-refractivity contribution in [1.29, 1.82) is 0 Å². The number of nitrogens with zero attached hydrogens (tertiary/aromatic N) is 2. The van der Waals surface area contributed by atoms with E-state index in [4.69, 9.17) is 0 Å². The van der Waals surface area contributed by atoms with Crippen molar-refractivity contribution in [3.63, 3.8) is 0 Å². The van der Waals surface area contributed by atoms with Gasteiger partial charge in [0, 0.05) is 36.4 Å². The lowest BCUT2D eigenvalue weighted by Crippen LogP contribution is -2.24. The van der Waals surface area contributed by atoms with Crippen molar-refractivity contribution < 1.29 is 9.72 Å². The average Bonchev–Trinajstić information content (AvgIpc) is 2.75. The van der Waals surface area contributed by atoms with Crippen molar-refractivity contribution in [3.8, 4) is 0 Å². The van der Waals surface area contributed by atoms with Crippen molar-refractivity contribution in [2.75, 3.05) is 0 Å². The normalized spacial score (nSPS) is 10.3. The van der Waals surface area contributed by atoms with Gasteiger partial charge in [0.05, 0.1) is 4.92 Å². The maximum absolute atomic E-state index is 12.0. The van der Waals surface area contributed by atoms with Crippen LogP contribution in [0, 0.1) is 10.1 Å². The number of nitro groups is 1. The Hall–Kier alpha value is -2.15. The second-order valence-electron chi connectivity index (χ2n) is 4.26. The standard InChI is InChI=1S/C13H12BrN3O3/c1-16-8-10(14)6-12(16)13(18)15-7-9-2-4-11(5-3-9)17(19)20/h2-6,8H,7H2,1H3,(H,15,18). The monoisotopic (exact) mass is 337 g/mol. The summed E-state index contributed by atoms with van der Waals surface area (Å²) in [6.45, 7) is 0.319. The summed E-state index contributed by atoms with van der Waals surface area (Å²) in [5.41, 5.74) is 1.38. The van der Waals surface area contributed by atoms with Gasteiger partial charge in [-0.15, -0.1) is 0 Å². The fourth-order valence-corrected chi connectivity index (χ4v) is 2.28. The summed E-state index contributed by atoms with van der Waals surface area (Å²) in [5.74, 6) is -0.198. The largest absolute Gasteiger partial charge is 0.347 e. The molecule has 0 saturated carbocycles. The number of aromatic nitrogens is 1. The molecular weight excluding hydrogens is 326 g/mol. The summed E-state index contributed by atoms with van der Waals surface area (Å²) in [7, 11) is 1.78. The number of carbonyl (C=O) groups is 1. The first-order valence-electron chi connectivity index (χ1n) is 5.81. The Morgan fingerprint density at radius 3 is 2.55 bits per heavy atom. The van der Waals surface area contributed by atoms with Gasteiger partial charge in [-0.05, 0) is 27.6 Å². The van der Waals surface area contributed by atoms with Crippen molar-refractivity contribution in [3.05, 3.63) is 62.4 Å². The minimum Gasteiger partial charge on any atom is -0.347 e. The molecule has 0 radical (unpaired) electrons. The van der Waals surface area contributed by atoms with Gasteiger partial charge in [-0.25, -0.2) is 0 Å². The van der Waals surface area contributed by atoms with E-state index in [2.05, 4.69) is 21.2 Å². The maximum atomic E-state index is 12.0. The van der Waals surface area contributed by atoms with Crippen LogP contribution in [0.2, 0.25) is 0 Å². The lowest BCUT2D eigenvalue weighted by molar-refractivity contribution is -0.384. The number of hydrogen-bond acceptors (Lipinski definition) is 3. The van der Waals surface area contributed by atoms with Crippen LogP contribution < -0.4 is 5.32 Å². The molecule has 2 rings (SSSR count). The number of halogens is 1. The number of aryl methyl sites for hydroxylation is 1. The zero-order valence-electron chi connectivity index (χ0n) is 10.7. The van der Waals surface area contributed by atoms with Crippen LogP contribution in [0.25, 0.3) is 0 Å². The van der Waals surface area contributed by atoms with Crippen LogP contribution in [0.1, 0.15) is 16.1 Å². The Bertz CT molecular complexity index is 649. The molecule has 6 nitrogen and oxygen atoms in total. The number of rotatable bonds is 4. The van der Waals surface area contributed by atoms with E-state index in [9.17, 15) is 14.9 Å². The number of amides is 1. The van der Waals surface area contributed by atoms with Crippen LogP contribution in [0.15, 0.2) is 41.0 Å². The summed E-state index contributed by atoms with van der Waals surface area (Å²) in [6.07, 6.45) is 1.79. The van der Waals surface area contributed by atoms with E-state index >= 15 is 0 Å². The average molecular weight is 338 g/mol. The molecule has 0 bridgehead atoms. The molecule has 1 amide bonds. The van der Waals surface area contributed by atoms with Crippen molar-refractivity contribution in [1.82, 2.24) is 9.88 Å². The van der Waals surface area contributed by atoms with E-state index < -0.39 is 4.92 Å². The highest BCUT2D eigenvalue weighted by atomic mass is 79.9. The Morgan fingerprint density at radius 2 is 2.05 bits per heavy atom. The van der Waals surface area contributed by atoms with Gasteiger partial charge in [-0.1, -0.05) is 12.1 Å². The minimum atomic E-state index is -0.455. The summed E-state index contributed by atoms with van der Waals surface area (Å²) in [5, 5.41) is 13.3. The molecule has 0 aliphatic carbocycles. The van der Waals surface area contributed by atoms with Crippen LogP contribution in [-0.4, -0.2) is 15.4 Å². The Balaban J connectivity index is 2.00. The Kier molecular flexibility index (Phi) is 4.19. The molecule has 0 aliphatic heterocycles. The van der Waals surface area contributed by atoms with Crippen molar-refractivity contribution in [2.45, 2.75) is 6.54 Å². The van der Waals surface area contributed by atoms with Crippen LogP contribution in [0.5, 0.6) is 0 Å². The summed E-state index contributed by atoms with van der Waals surface area (Å²) >= 11 is 3.30. The van der Waals surface area contributed by atoms with E-state index in [1.54, 1.807) is 36.0 Å². The third kappa shape index (κ3) is 3.24. The third-order valence-corrected chi connectivity index (χ3v) is 3.24. The zero-order chi connectivity index (χ0) is 14.7. The van der Waals surface area contributed by atoms with E-state index in [0.717, 1.165) is 10.0 Å². The molecule has 0 unspecified atom stereocenters.